The first-order valence-corrected chi connectivity index (χ1v) is 7.15. The highest BCUT2D eigenvalue weighted by molar-refractivity contribution is 5.30. The molecule has 0 aliphatic carbocycles. The van der Waals surface area contributed by atoms with Gasteiger partial charge in [0.15, 0.2) is 0 Å². The van der Waals surface area contributed by atoms with Crippen LogP contribution < -0.4 is 10.1 Å². The van der Waals surface area contributed by atoms with Gasteiger partial charge in [-0.1, -0.05) is 12.1 Å². The third kappa shape index (κ3) is 4.89. The van der Waals surface area contributed by atoms with Gasteiger partial charge in [-0.15, -0.1) is 0 Å². The SMILES string of the molecule is COc1cccc([C@@H](CCC(F)(F)F)N2CCNCC2)c1. The van der Waals surface area contributed by atoms with Crippen molar-refractivity contribution in [2.45, 2.75) is 25.1 Å². The Morgan fingerprint density at radius 1 is 1.29 bits per heavy atom. The number of piperazine rings is 1. The number of alkyl halides is 3. The van der Waals surface area contributed by atoms with E-state index < -0.39 is 12.6 Å². The Hall–Kier alpha value is -1.27. The standard InChI is InChI=1S/C15H21F3N2O/c1-21-13-4-2-3-12(11-13)14(5-6-15(16,17)18)20-9-7-19-8-10-20/h2-4,11,14,19H,5-10H2,1H3/t14-/m1/s1. The first-order valence-electron chi connectivity index (χ1n) is 7.15. The van der Waals surface area contributed by atoms with Crippen molar-refractivity contribution >= 4 is 0 Å². The molecule has 6 heteroatoms. The van der Waals surface area contributed by atoms with E-state index >= 15 is 0 Å². The molecule has 1 aromatic carbocycles. The Kier molecular flexibility index (Phi) is 5.47. The highest BCUT2D eigenvalue weighted by Gasteiger charge is 2.31. The number of methoxy groups -OCH3 is 1. The highest BCUT2D eigenvalue weighted by atomic mass is 19.4. The van der Waals surface area contributed by atoms with Crippen molar-refractivity contribution in [2.75, 3.05) is 33.3 Å². The van der Waals surface area contributed by atoms with Crippen LogP contribution in [0.3, 0.4) is 0 Å². The van der Waals surface area contributed by atoms with Crippen molar-refractivity contribution in [2.24, 2.45) is 0 Å². The molecule has 1 atom stereocenters. The molecule has 0 saturated carbocycles. The van der Waals surface area contributed by atoms with Crippen LogP contribution in [0.15, 0.2) is 24.3 Å². The van der Waals surface area contributed by atoms with Crippen LogP contribution in [0.5, 0.6) is 5.75 Å². The van der Waals surface area contributed by atoms with Crippen molar-refractivity contribution in [3.8, 4) is 5.75 Å². The van der Waals surface area contributed by atoms with E-state index in [2.05, 4.69) is 10.2 Å². The van der Waals surface area contributed by atoms with Crippen molar-refractivity contribution in [3.05, 3.63) is 29.8 Å². The van der Waals surface area contributed by atoms with Gasteiger partial charge >= 0.3 is 6.18 Å². The van der Waals surface area contributed by atoms with Crippen molar-refractivity contribution < 1.29 is 17.9 Å². The minimum atomic E-state index is -4.12. The predicted molar refractivity (Wildman–Crippen MR) is 75.5 cm³/mol. The van der Waals surface area contributed by atoms with Gasteiger partial charge in [-0.3, -0.25) is 4.90 Å². The fourth-order valence-corrected chi connectivity index (χ4v) is 2.70. The Balaban J connectivity index is 2.16. The lowest BCUT2D eigenvalue weighted by Crippen LogP contribution is -2.45. The van der Waals surface area contributed by atoms with Crippen molar-refractivity contribution in [3.63, 3.8) is 0 Å². The van der Waals surface area contributed by atoms with Crippen LogP contribution in [0.2, 0.25) is 0 Å². The summed E-state index contributed by atoms with van der Waals surface area (Å²) in [7, 11) is 1.56. The third-order valence-electron chi connectivity index (χ3n) is 3.77. The zero-order chi connectivity index (χ0) is 15.3. The van der Waals surface area contributed by atoms with Gasteiger partial charge in [-0.25, -0.2) is 0 Å². The number of nitrogens with zero attached hydrogens (tertiary/aromatic N) is 1. The zero-order valence-electron chi connectivity index (χ0n) is 12.1. The summed E-state index contributed by atoms with van der Waals surface area (Å²) in [5, 5.41) is 3.23. The quantitative estimate of drug-likeness (QED) is 0.905. The molecule has 0 spiro atoms. The van der Waals surface area contributed by atoms with E-state index in [9.17, 15) is 13.2 Å². The second-order valence-electron chi connectivity index (χ2n) is 5.23. The van der Waals surface area contributed by atoms with Crippen LogP contribution in [0.25, 0.3) is 0 Å². The number of halogens is 3. The van der Waals surface area contributed by atoms with Crippen LogP contribution in [0, 0.1) is 0 Å². The lowest BCUT2D eigenvalue weighted by atomic mass is 9.99. The fraction of sp³-hybridized carbons (Fsp3) is 0.600. The molecule has 1 aliphatic heterocycles. The second-order valence-corrected chi connectivity index (χ2v) is 5.23. The van der Waals surface area contributed by atoms with Crippen molar-refractivity contribution in [1.82, 2.24) is 10.2 Å². The Morgan fingerprint density at radius 3 is 2.62 bits per heavy atom. The molecule has 1 fully saturated rings. The number of rotatable bonds is 5. The molecule has 2 rings (SSSR count). The van der Waals surface area contributed by atoms with Gasteiger partial charge in [0.1, 0.15) is 5.75 Å². The Morgan fingerprint density at radius 2 is 2.00 bits per heavy atom. The van der Waals surface area contributed by atoms with Crippen LogP contribution in [-0.4, -0.2) is 44.4 Å². The Bertz CT molecular complexity index is 445. The monoisotopic (exact) mass is 302 g/mol. The molecule has 3 nitrogen and oxygen atoms in total. The topological polar surface area (TPSA) is 24.5 Å². The summed E-state index contributed by atoms with van der Waals surface area (Å²) in [4.78, 5) is 2.12. The summed E-state index contributed by atoms with van der Waals surface area (Å²) < 4.78 is 43.0. The molecular weight excluding hydrogens is 281 g/mol. The van der Waals surface area contributed by atoms with Gasteiger partial charge in [0.25, 0.3) is 0 Å². The van der Waals surface area contributed by atoms with E-state index in [4.69, 9.17) is 4.74 Å². The molecule has 0 bridgehead atoms. The summed E-state index contributed by atoms with van der Waals surface area (Å²) >= 11 is 0. The van der Waals surface area contributed by atoms with Crippen LogP contribution in [0.1, 0.15) is 24.4 Å². The summed E-state index contributed by atoms with van der Waals surface area (Å²) in [5.41, 5.74) is 0.889. The van der Waals surface area contributed by atoms with Gasteiger partial charge in [0.05, 0.1) is 7.11 Å². The molecule has 1 N–H and O–H groups in total. The maximum atomic E-state index is 12.6. The summed E-state index contributed by atoms with van der Waals surface area (Å²) in [5.74, 6) is 0.680. The van der Waals surface area contributed by atoms with Crippen LogP contribution >= 0.6 is 0 Å². The molecule has 1 heterocycles. The third-order valence-corrected chi connectivity index (χ3v) is 3.77. The molecule has 0 amide bonds. The lowest BCUT2D eigenvalue weighted by molar-refractivity contribution is -0.138. The molecule has 0 radical (unpaired) electrons. The summed E-state index contributed by atoms with van der Waals surface area (Å²) in [6.07, 6.45) is -4.80. The maximum Gasteiger partial charge on any atom is 0.389 e. The number of hydrogen-bond acceptors (Lipinski definition) is 3. The largest absolute Gasteiger partial charge is 0.497 e. The lowest BCUT2D eigenvalue weighted by Gasteiger charge is -2.35. The van der Waals surface area contributed by atoms with Gasteiger partial charge in [0.2, 0.25) is 0 Å². The van der Waals surface area contributed by atoms with Gasteiger partial charge < -0.3 is 10.1 Å². The molecule has 0 unspecified atom stereocenters. The minimum Gasteiger partial charge on any atom is -0.497 e. The van der Waals surface area contributed by atoms with E-state index in [1.54, 1.807) is 7.11 Å². The molecular formula is C15H21F3N2O. The average molecular weight is 302 g/mol. The van der Waals surface area contributed by atoms with E-state index in [0.717, 1.165) is 31.7 Å². The first kappa shape index (κ1) is 16.1. The molecule has 21 heavy (non-hydrogen) atoms. The van der Waals surface area contributed by atoms with Crippen LogP contribution in [0.4, 0.5) is 13.2 Å². The first-order chi connectivity index (χ1) is 9.99. The summed E-state index contributed by atoms with van der Waals surface area (Å²) in [6.45, 7) is 3.15. The smallest absolute Gasteiger partial charge is 0.389 e. The maximum absolute atomic E-state index is 12.6. The molecule has 1 saturated heterocycles. The molecule has 118 valence electrons. The Labute approximate surface area is 123 Å². The van der Waals surface area contributed by atoms with Gasteiger partial charge in [-0.05, 0) is 24.1 Å². The minimum absolute atomic E-state index is 0.0800. The van der Waals surface area contributed by atoms with E-state index in [-0.39, 0.29) is 12.5 Å². The highest BCUT2D eigenvalue weighted by Crippen LogP contribution is 2.32. The number of hydrogen-bond donors (Lipinski definition) is 1. The summed E-state index contributed by atoms with van der Waals surface area (Å²) in [6, 6.07) is 7.14. The average Bonchev–Trinajstić information content (AvgIpc) is 2.48. The normalized spacial score (nSPS) is 18.5. The van der Waals surface area contributed by atoms with Crippen molar-refractivity contribution in [1.29, 1.82) is 0 Å². The van der Waals surface area contributed by atoms with E-state index in [1.807, 2.05) is 24.3 Å². The predicted octanol–water partition coefficient (Wildman–Crippen LogP) is 2.98. The molecule has 1 aliphatic rings. The molecule has 1 aromatic rings. The second kappa shape index (κ2) is 7.13. The van der Waals surface area contributed by atoms with Gasteiger partial charge in [0, 0.05) is 38.6 Å². The molecule has 0 aromatic heterocycles. The van der Waals surface area contributed by atoms with Gasteiger partial charge in [-0.2, -0.15) is 13.2 Å². The number of ether oxygens (including phenoxy) is 1. The van der Waals surface area contributed by atoms with Crippen LogP contribution in [-0.2, 0) is 0 Å². The zero-order valence-corrected chi connectivity index (χ0v) is 12.1. The van der Waals surface area contributed by atoms with E-state index in [0.29, 0.717) is 5.75 Å². The number of nitrogens with one attached hydrogen (secondary N) is 1. The number of benzene rings is 1. The fourth-order valence-electron chi connectivity index (χ4n) is 2.70. The van der Waals surface area contributed by atoms with E-state index in [1.165, 1.54) is 0 Å².